The smallest absolute Gasteiger partial charge is 0.193 e. The van der Waals surface area contributed by atoms with Crippen LogP contribution >= 0.6 is 23.1 Å². The number of nitrogens with one attached hydrogen (secondary N) is 1. The predicted octanol–water partition coefficient (Wildman–Crippen LogP) is 2.65. The highest BCUT2D eigenvalue weighted by Crippen LogP contribution is 2.21. The summed E-state index contributed by atoms with van der Waals surface area (Å²) >= 11 is 3.83. The molecule has 1 fully saturated rings. The number of guanidine groups is 1. The van der Waals surface area contributed by atoms with E-state index in [0.717, 1.165) is 30.8 Å². The van der Waals surface area contributed by atoms with Crippen molar-refractivity contribution in [1.29, 1.82) is 0 Å². The van der Waals surface area contributed by atoms with E-state index in [2.05, 4.69) is 50.7 Å². The minimum Gasteiger partial charge on any atom is -0.352 e. The van der Waals surface area contributed by atoms with Crippen LogP contribution in [-0.4, -0.2) is 42.0 Å². The third-order valence-electron chi connectivity index (χ3n) is 3.14. The Labute approximate surface area is 118 Å². The van der Waals surface area contributed by atoms with E-state index in [1.54, 1.807) is 11.3 Å². The molecule has 18 heavy (non-hydrogen) atoms. The van der Waals surface area contributed by atoms with Gasteiger partial charge in [0.15, 0.2) is 5.96 Å². The summed E-state index contributed by atoms with van der Waals surface area (Å²) in [6.45, 7) is 5.36. The van der Waals surface area contributed by atoms with Gasteiger partial charge in [0.25, 0.3) is 0 Å². The second kappa shape index (κ2) is 7.04. The molecule has 0 radical (unpaired) electrons. The van der Waals surface area contributed by atoms with Crippen LogP contribution in [0.1, 0.15) is 18.9 Å². The lowest BCUT2D eigenvalue weighted by Gasteiger charge is -2.34. The van der Waals surface area contributed by atoms with Gasteiger partial charge < -0.3 is 10.2 Å². The fraction of sp³-hybridized carbons (Fsp3) is 0.615. The maximum Gasteiger partial charge on any atom is 0.193 e. The van der Waals surface area contributed by atoms with Crippen LogP contribution in [0.25, 0.3) is 0 Å². The molecule has 0 aromatic carbocycles. The van der Waals surface area contributed by atoms with E-state index in [9.17, 15) is 0 Å². The normalized spacial score (nSPS) is 21.1. The Morgan fingerprint density at radius 3 is 3.17 bits per heavy atom. The van der Waals surface area contributed by atoms with Crippen LogP contribution in [0, 0.1) is 0 Å². The molecule has 0 aliphatic carbocycles. The molecule has 0 amide bonds. The maximum absolute atomic E-state index is 4.41. The van der Waals surface area contributed by atoms with Gasteiger partial charge in [-0.1, -0.05) is 6.92 Å². The van der Waals surface area contributed by atoms with Crippen molar-refractivity contribution in [2.24, 2.45) is 4.99 Å². The first-order valence-electron chi connectivity index (χ1n) is 6.41. The Hall–Kier alpha value is -0.680. The number of hydrogen-bond acceptors (Lipinski definition) is 3. The second-order valence-corrected chi connectivity index (χ2v) is 6.57. The van der Waals surface area contributed by atoms with Crippen molar-refractivity contribution in [3.63, 3.8) is 0 Å². The van der Waals surface area contributed by atoms with Crippen LogP contribution in [0.3, 0.4) is 0 Å². The van der Waals surface area contributed by atoms with Crippen LogP contribution in [0.4, 0.5) is 0 Å². The van der Waals surface area contributed by atoms with E-state index in [0.29, 0.717) is 0 Å². The molecule has 1 aromatic rings. The SMILES string of the molecule is CCC1CN(C(=NC)NCc2ccsc2)CCS1. The van der Waals surface area contributed by atoms with Crippen molar-refractivity contribution in [1.82, 2.24) is 10.2 Å². The maximum atomic E-state index is 4.41. The molecule has 2 heterocycles. The lowest BCUT2D eigenvalue weighted by molar-refractivity contribution is 0.408. The van der Waals surface area contributed by atoms with Gasteiger partial charge in [-0.25, -0.2) is 0 Å². The molecule has 0 saturated carbocycles. The third-order valence-corrected chi connectivity index (χ3v) is 5.24. The first kappa shape index (κ1) is 13.7. The van der Waals surface area contributed by atoms with Gasteiger partial charge in [-0.05, 0) is 28.8 Å². The van der Waals surface area contributed by atoms with Gasteiger partial charge in [0.2, 0.25) is 0 Å². The number of thiophene rings is 1. The molecule has 3 nitrogen and oxygen atoms in total. The van der Waals surface area contributed by atoms with Crippen LogP contribution in [0.5, 0.6) is 0 Å². The number of aliphatic imine (C=N–C) groups is 1. The molecule has 5 heteroatoms. The van der Waals surface area contributed by atoms with E-state index < -0.39 is 0 Å². The van der Waals surface area contributed by atoms with E-state index in [1.807, 2.05) is 7.05 Å². The van der Waals surface area contributed by atoms with Gasteiger partial charge in [-0.2, -0.15) is 23.1 Å². The molecule has 0 spiro atoms. The molecule has 1 aliphatic heterocycles. The predicted molar refractivity (Wildman–Crippen MR) is 82.6 cm³/mol. The quantitative estimate of drug-likeness (QED) is 0.683. The second-order valence-electron chi connectivity index (χ2n) is 4.38. The summed E-state index contributed by atoms with van der Waals surface area (Å²) < 4.78 is 0. The summed E-state index contributed by atoms with van der Waals surface area (Å²) in [7, 11) is 1.87. The standard InChI is InChI=1S/C13H21N3S2/c1-3-12-9-16(5-7-18-12)13(14-2)15-8-11-4-6-17-10-11/h4,6,10,12H,3,5,7-9H2,1-2H3,(H,14,15). The average molecular weight is 283 g/mol. The zero-order chi connectivity index (χ0) is 12.8. The number of rotatable bonds is 3. The number of nitrogens with zero attached hydrogens (tertiary/aromatic N) is 2. The first-order chi connectivity index (χ1) is 8.83. The van der Waals surface area contributed by atoms with Crippen LogP contribution in [-0.2, 0) is 6.54 Å². The van der Waals surface area contributed by atoms with E-state index in [1.165, 1.54) is 17.7 Å². The Balaban J connectivity index is 1.88. The van der Waals surface area contributed by atoms with Gasteiger partial charge in [0.05, 0.1) is 0 Å². The molecular formula is C13H21N3S2. The van der Waals surface area contributed by atoms with Crippen molar-refractivity contribution in [2.45, 2.75) is 25.1 Å². The van der Waals surface area contributed by atoms with Crippen molar-refractivity contribution in [2.75, 3.05) is 25.9 Å². The topological polar surface area (TPSA) is 27.6 Å². The lowest BCUT2D eigenvalue weighted by atomic mass is 10.3. The number of hydrogen-bond donors (Lipinski definition) is 1. The minimum absolute atomic E-state index is 0.749. The Bertz CT molecular complexity index is 376. The molecule has 1 aliphatic rings. The highest BCUT2D eigenvalue weighted by Gasteiger charge is 2.21. The summed E-state index contributed by atoms with van der Waals surface area (Å²) in [6, 6.07) is 2.16. The van der Waals surface area contributed by atoms with Gasteiger partial charge in [0.1, 0.15) is 0 Å². The van der Waals surface area contributed by atoms with Crippen molar-refractivity contribution in [3.05, 3.63) is 22.4 Å². The molecular weight excluding hydrogens is 262 g/mol. The Morgan fingerprint density at radius 2 is 2.50 bits per heavy atom. The highest BCUT2D eigenvalue weighted by atomic mass is 32.2. The zero-order valence-electron chi connectivity index (χ0n) is 11.1. The third kappa shape index (κ3) is 3.65. The first-order valence-corrected chi connectivity index (χ1v) is 8.41. The van der Waals surface area contributed by atoms with Gasteiger partial charge in [-0.3, -0.25) is 4.99 Å². The molecule has 1 aromatic heterocycles. The fourth-order valence-corrected chi connectivity index (χ4v) is 3.91. The van der Waals surface area contributed by atoms with Crippen molar-refractivity contribution < 1.29 is 0 Å². The highest BCUT2D eigenvalue weighted by molar-refractivity contribution is 8.00. The van der Waals surface area contributed by atoms with Crippen LogP contribution in [0.2, 0.25) is 0 Å². The summed E-state index contributed by atoms with van der Waals surface area (Å²) in [5.74, 6) is 2.25. The molecule has 100 valence electrons. The van der Waals surface area contributed by atoms with E-state index in [4.69, 9.17) is 0 Å². The van der Waals surface area contributed by atoms with Gasteiger partial charge in [-0.15, -0.1) is 0 Å². The molecule has 1 unspecified atom stereocenters. The molecule has 0 bridgehead atoms. The zero-order valence-corrected chi connectivity index (χ0v) is 12.7. The minimum atomic E-state index is 0.749. The summed E-state index contributed by atoms with van der Waals surface area (Å²) in [5.41, 5.74) is 1.33. The summed E-state index contributed by atoms with van der Waals surface area (Å²) in [4.78, 5) is 6.79. The Kier molecular flexibility index (Phi) is 5.38. The van der Waals surface area contributed by atoms with Gasteiger partial charge in [0, 0.05) is 37.7 Å². The molecule has 1 atom stereocenters. The van der Waals surface area contributed by atoms with Crippen LogP contribution in [0.15, 0.2) is 21.8 Å². The lowest BCUT2D eigenvalue weighted by Crippen LogP contribution is -2.47. The molecule has 2 rings (SSSR count). The summed E-state index contributed by atoms with van der Waals surface area (Å²) in [5, 5.41) is 8.51. The number of thioether (sulfide) groups is 1. The van der Waals surface area contributed by atoms with E-state index in [-0.39, 0.29) is 0 Å². The van der Waals surface area contributed by atoms with E-state index >= 15 is 0 Å². The van der Waals surface area contributed by atoms with Crippen LogP contribution < -0.4 is 5.32 Å². The monoisotopic (exact) mass is 283 g/mol. The molecule has 1 N–H and O–H groups in total. The summed E-state index contributed by atoms with van der Waals surface area (Å²) in [6.07, 6.45) is 1.24. The van der Waals surface area contributed by atoms with Gasteiger partial charge >= 0.3 is 0 Å². The molecule has 1 saturated heterocycles. The van der Waals surface area contributed by atoms with Crippen molar-refractivity contribution >= 4 is 29.1 Å². The fourth-order valence-electron chi connectivity index (χ4n) is 2.07. The largest absolute Gasteiger partial charge is 0.352 e. The Morgan fingerprint density at radius 1 is 1.61 bits per heavy atom. The van der Waals surface area contributed by atoms with Crippen molar-refractivity contribution in [3.8, 4) is 0 Å². The average Bonchev–Trinajstić information content (AvgIpc) is 2.93.